The second kappa shape index (κ2) is 10.2. The van der Waals surface area contributed by atoms with Crippen LogP contribution >= 0.6 is 0 Å². The van der Waals surface area contributed by atoms with Gasteiger partial charge in [0.2, 0.25) is 5.91 Å². The molecule has 2 aromatic carbocycles. The third kappa shape index (κ3) is 5.41. The van der Waals surface area contributed by atoms with Gasteiger partial charge in [0.1, 0.15) is 5.75 Å². The molecule has 0 saturated carbocycles. The molecule has 3 rings (SSSR count). The second-order valence-corrected chi connectivity index (χ2v) is 7.27. The maximum Gasteiger partial charge on any atom is 0.223 e. The van der Waals surface area contributed by atoms with E-state index >= 15 is 0 Å². The number of hydrogen-bond donors (Lipinski definition) is 1. The minimum Gasteiger partial charge on any atom is -0.497 e. The van der Waals surface area contributed by atoms with Crippen LogP contribution in [0.25, 0.3) is 0 Å². The number of nitrogens with zero attached hydrogens (tertiary/aromatic N) is 1. The van der Waals surface area contributed by atoms with Crippen molar-refractivity contribution in [1.29, 1.82) is 0 Å². The van der Waals surface area contributed by atoms with Crippen molar-refractivity contribution in [2.24, 2.45) is 5.92 Å². The molecule has 1 N–H and O–H groups in total. The van der Waals surface area contributed by atoms with E-state index in [2.05, 4.69) is 16.3 Å². The molecule has 1 aliphatic rings. The van der Waals surface area contributed by atoms with Gasteiger partial charge in [-0.25, -0.2) is 0 Å². The van der Waals surface area contributed by atoms with Crippen molar-refractivity contribution >= 4 is 5.91 Å². The van der Waals surface area contributed by atoms with Crippen LogP contribution in [0.2, 0.25) is 0 Å². The van der Waals surface area contributed by atoms with Crippen LogP contribution in [0.4, 0.5) is 0 Å². The smallest absolute Gasteiger partial charge is 0.223 e. The van der Waals surface area contributed by atoms with E-state index in [9.17, 15) is 4.79 Å². The lowest BCUT2D eigenvalue weighted by Gasteiger charge is -2.31. The molecule has 0 aliphatic carbocycles. The summed E-state index contributed by atoms with van der Waals surface area (Å²) in [6.45, 7) is 3.12. The van der Waals surface area contributed by atoms with Gasteiger partial charge in [0.25, 0.3) is 0 Å². The predicted octanol–water partition coefficient (Wildman–Crippen LogP) is 3.24. The number of carbonyl (C=O) groups excluding carboxylic acids is 1. The number of likely N-dealkylation sites (tertiary alicyclic amines) is 1. The average molecular weight is 399 g/mol. The Morgan fingerprint density at radius 1 is 1.00 bits per heavy atom. The number of piperidine rings is 1. The maximum absolute atomic E-state index is 12.6. The molecule has 2 aromatic rings. The highest BCUT2D eigenvalue weighted by Gasteiger charge is 2.25. The van der Waals surface area contributed by atoms with Gasteiger partial charge in [-0.2, -0.15) is 0 Å². The van der Waals surface area contributed by atoms with E-state index in [0.29, 0.717) is 6.54 Å². The third-order valence-electron chi connectivity index (χ3n) is 5.46. The molecule has 6 nitrogen and oxygen atoms in total. The number of benzene rings is 2. The fraction of sp³-hybridized carbons (Fsp3) is 0.435. The average Bonchev–Trinajstić information content (AvgIpc) is 2.78. The topological polar surface area (TPSA) is 60.0 Å². The highest BCUT2D eigenvalue weighted by molar-refractivity contribution is 5.78. The standard InChI is InChI=1S/C23H30N2O4/c1-27-20-9-7-17(8-10-20)15-24-23(26)18-11-13-25(14-12-18)16-19-5-4-6-21(28-2)22(19)29-3/h4-10,18H,11-16H2,1-3H3,(H,24,26). The van der Waals surface area contributed by atoms with Crippen LogP contribution in [-0.4, -0.2) is 45.2 Å². The quantitative estimate of drug-likeness (QED) is 0.740. The molecule has 0 aromatic heterocycles. The Kier molecular flexibility index (Phi) is 7.36. The molecule has 156 valence electrons. The van der Waals surface area contributed by atoms with Gasteiger partial charge in [-0.3, -0.25) is 9.69 Å². The van der Waals surface area contributed by atoms with E-state index in [-0.39, 0.29) is 11.8 Å². The zero-order valence-electron chi connectivity index (χ0n) is 17.4. The second-order valence-electron chi connectivity index (χ2n) is 7.27. The molecule has 1 heterocycles. The molecular formula is C23H30N2O4. The zero-order chi connectivity index (χ0) is 20.6. The van der Waals surface area contributed by atoms with Gasteiger partial charge in [0.05, 0.1) is 21.3 Å². The first-order valence-corrected chi connectivity index (χ1v) is 9.97. The molecule has 1 fully saturated rings. The van der Waals surface area contributed by atoms with Crippen LogP contribution in [-0.2, 0) is 17.9 Å². The van der Waals surface area contributed by atoms with E-state index in [1.807, 2.05) is 36.4 Å². The van der Waals surface area contributed by atoms with Crippen LogP contribution in [0.15, 0.2) is 42.5 Å². The van der Waals surface area contributed by atoms with Gasteiger partial charge in [0.15, 0.2) is 11.5 Å². The summed E-state index contributed by atoms with van der Waals surface area (Å²) >= 11 is 0. The van der Waals surface area contributed by atoms with Crippen LogP contribution in [0.3, 0.4) is 0 Å². The van der Waals surface area contributed by atoms with E-state index < -0.39 is 0 Å². The lowest BCUT2D eigenvalue weighted by molar-refractivity contribution is -0.126. The number of amides is 1. The molecule has 0 radical (unpaired) electrons. The van der Waals surface area contributed by atoms with E-state index in [1.54, 1.807) is 21.3 Å². The summed E-state index contributed by atoms with van der Waals surface area (Å²) in [5.41, 5.74) is 2.18. The van der Waals surface area contributed by atoms with Crippen molar-refractivity contribution in [2.45, 2.75) is 25.9 Å². The largest absolute Gasteiger partial charge is 0.497 e. The molecule has 1 amide bonds. The Morgan fingerprint density at radius 3 is 2.34 bits per heavy atom. The summed E-state index contributed by atoms with van der Waals surface area (Å²) < 4.78 is 16.1. The van der Waals surface area contributed by atoms with Gasteiger partial charge in [0, 0.05) is 24.6 Å². The summed E-state index contributed by atoms with van der Waals surface area (Å²) in [5.74, 6) is 2.56. The first-order valence-electron chi connectivity index (χ1n) is 9.97. The fourth-order valence-corrected chi connectivity index (χ4v) is 3.75. The highest BCUT2D eigenvalue weighted by atomic mass is 16.5. The lowest BCUT2D eigenvalue weighted by Crippen LogP contribution is -2.40. The molecule has 6 heteroatoms. The van der Waals surface area contributed by atoms with Gasteiger partial charge in [-0.1, -0.05) is 24.3 Å². The third-order valence-corrected chi connectivity index (χ3v) is 5.46. The molecule has 29 heavy (non-hydrogen) atoms. The van der Waals surface area contributed by atoms with Crippen molar-refractivity contribution < 1.29 is 19.0 Å². The number of ether oxygens (including phenoxy) is 3. The van der Waals surface area contributed by atoms with Crippen LogP contribution in [0.5, 0.6) is 17.2 Å². The number of nitrogens with one attached hydrogen (secondary N) is 1. The highest BCUT2D eigenvalue weighted by Crippen LogP contribution is 2.32. The van der Waals surface area contributed by atoms with Gasteiger partial charge < -0.3 is 19.5 Å². The first kappa shape index (κ1) is 21.0. The van der Waals surface area contributed by atoms with E-state index in [4.69, 9.17) is 14.2 Å². The van der Waals surface area contributed by atoms with Crippen molar-refractivity contribution in [1.82, 2.24) is 10.2 Å². The fourth-order valence-electron chi connectivity index (χ4n) is 3.75. The van der Waals surface area contributed by atoms with Crippen molar-refractivity contribution in [3.05, 3.63) is 53.6 Å². The monoisotopic (exact) mass is 398 g/mol. The number of carbonyl (C=O) groups is 1. The van der Waals surface area contributed by atoms with Crippen molar-refractivity contribution in [3.8, 4) is 17.2 Å². The molecule has 0 spiro atoms. The van der Waals surface area contributed by atoms with Crippen LogP contribution < -0.4 is 19.5 Å². The van der Waals surface area contributed by atoms with Gasteiger partial charge in [-0.15, -0.1) is 0 Å². The van der Waals surface area contributed by atoms with Crippen LogP contribution in [0.1, 0.15) is 24.0 Å². The number of hydrogen-bond acceptors (Lipinski definition) is 5. The summed E-state index contributed by atoms with van der Waals surface area (Å²) in [4.78, 5) is 14.9. The summed E-state index contributed by atoms with van der Waals surface area (Å²) in [5, 5.41) is 3.07. The number of rotatable bonds is 8. The summed E-state index contributed by atoms with van der Waals surface area (Å²) in [6, 6.07) is 13.7. The van der Waals surface area contributed by atoms with Gasteiger partial charge >= 0.3 is 0 Å². The van der Waals surface area contributed by atoms with Crippen molar-refractivity contribution in [2.75, 3.05) is 34.4 Å². The number of methoxy groups -OCH3 is 3. The SMILES string of the molecule is COc1ccc(CNC(=O)C2CCN(Cc3cccc(OC)c3OC)CC2)cc1. The Bertz CT molecular complexity index is 799. The lowest BCUT2D eigenvalue weighted by atomic mass is 9.95. The molecule has 0 atom stereocenters. The zero-order valence-corrected chi connectivity index (χ0v) is 17.4. The van der Waals surface area contributed by atoms with Gasteiger partial charge in [-0.05, 0) is 49.7 Å². The molecule has 1 saturated heterocycles. The Hall–Kier alpha value is -2.73. The normalized spacial score (nSPS) is 15.0. The molecule has 1 aliphatic heterocycles. The van der Waals surface area contributed by atoms with Crippen LogP contribution in [0, 0.1) is 5.92 Å². The number of para-hydroxylation sites is 1. The van der Waals surface area contributed by atoms with Crippen molar-refractivity contribution in [3.63, 3.8) is 0 Å². The minimum atomic E-state index is 0.0664. The molecule has 0 bridgehead atoms. The maximum atomic E-state index is 12.6. The Morgan fingerprint density at radius 2 is 1.72 bits per heavy atom. The Labute approximate surface area is 172 Å². The Balaban J connectivity index is 1.48. The van der Waals surface area contributed by atoms with E-state index in [0.717, 1.165) is 60.9 Å². The summed E-state index contributed by atoms with van der Waals surface area (Å²) in [7, 11) is 4.96. The first-order chi connectivity index (χ1) is 14.1. The summed E-state index contributed by atoms with van der Waals surface area (Å²) in [6.07, 6.45) is 1.72. The molecular weight excluding hydrogens is 368 g/mol. The van der Waals surface area contributed by atoms with E-state index in [1.165, 1.54) is 0 Å². The molecule has 0 unspecified atom stereocenters. The minimum absolute atomic E-state index is 0.0664. The predicted molar refractivity (Wildman–Crippen MR) is 112 cm³/mol.